The van der Waals surface area contributed by atoms with Gasteiger partial charge in [-0.25, -0.2) is 9.40 Å². The number of piperazine rings is 1. The van der Waals surface area contributed by atoms with Gasteiger partial charge in [0.25, 0.3) is 5.91 Å². The van der Waals surface area contributed by atoms with Gasteiger partial charge in [0.05, 0.1) is 24.9 Å². The van der Waals surface area contributed by atoms with E-state index >= 15 is 0 Å². The molecule has 6 nitrogen and oxygen atoms in total. The molecule has 2 aromatic carbocycles. The lowest BCUT2D eigenvalue weighted by Crippen LogP contribution is -2.52. The minimum atomic E-state index is -0.286. The van der Waals surface area contributed by atoms with Crippen LogP contribution in [-0.4, -0.2) is 60.4 Å². The van der Waals surface area contributed by atoms with Gasteiger partial charge in [-0.1, -0.05) is 24.3 Å². The third kappa shape index (κ3) is 4.94. The molecule has 0 spiro atoms. The molecule has 2 heterocycles. The van der Waals surface area contributed by atoms with Gasteiger partial charge in [0, 0.05) is 32.1 Å². The lowest BCUT2D eigenvalue weighted by atomic mass is 9.98. The summed E-state index contributed by atoms with van der Waals surface area (Å²) in [6.45, 7) is 7.60. The van der Waals surface area contributed by atoms with Crippen molar-refractivity contribution in [3.63, 3.8) is 0 Å². The second-order valence-corrected chi connectivity index (χ2v) is 8.04. The van der Waals surface area contributed by atoms with Crippen LogP contribution in [0.4, 0.5) is 4.39 Å². The number of benzene rings is 2. The van der Waals surface area contributed by atoms with E-state index in [1.807, 2.05) is 31.2 Å². The van der Waals surface area contributed by atoms with Crippen molar-refractivity contribution in [2.45, 2.75) is 32.4 Å². The Hall–Kier alpha value is -2.77. The number of hydrazone groups is 1. The number of amides is 1. The number of nitrogens with zero attached hydrogens (tertiary/aromatic N) is 3. The third-order valence-electron chi connectivity index (χ3n) is 5.90. The molecule has 31 heavy (non-hydrogen) atoms. The zero-order chi connectivity index (χ0) is 21.8. The molecule has 1 saturated heterocycles. The Morgan fingerprint density at radius 1 is 1.19 bits per heavy atom. The maximum absolute atomic E-state index is 13.4. The van der Waals surface area contributed by atoms with Crippen LogP contribution in [0, 0.1) is 5.82 Å². The normalized spacial score (nSPS) is 21.8. The van der Waals surface area contributed by atoms with Crippen molar-refractivity contribution < 1.29 is 13.9 Å². The predicted octanol–water partition coefficient (Wildman–Crippen LogP) is 3.20. The summed E-state index contributed by atoms with van der Waals surface area (Å²) in [6, 6.07) is 14.2. The van der Waals surface area contributed by atoms with Crippen molar-refractivity contribution in [3.8, 4) is 5.75 Å². The van der Waals surface area contributed by atoms with Crippen LogP contribution in [0.15, 0.2) is 53.6 Å². The first-order valence-electron chi connectivity index (χ1n) is 10.9. The van der Waals surface area contributed by atoms with Gasteiger partial charge >= 0.3 is 0 Å². The van der Waals surface area contributed by atoms with Crippen LogP contribution in [0.5, 0.6) is 5.75 Å². The fourth-order valence-electron chi connectivity index (χ4n) is 4.13. The number of carbonyl (C=O) groups excluding carboxylic acids is 1. The van der Waals surface area contributed by atoms with Gasteiger partial charge in [-0.3, -0.25) is 9.69 Å². The molecular formula is C24H29FN4O2. The van der Waals surface area contributed by atoms with E-state index in [2.05, 4.69) is 17.1 Å². The first-order valence-corrected chi connectivity index (χ1v) is 10.9. The zero-order valence-corrected chi connectivity index (χ0v) is 18.1. The smallest absolute Gasteiger partial charge is 0.257 e. The van der Waals surface area contributed by atoms with E-state index in [1.165, 1.54) is 12.1 Å². The Balaban J connectivity index is 1.59. The molecule has 1 N–H and O–H groups in total. The predicted molar refractivity (Wildman–Crippen MR) is 119 cm³/mol. The van der Waals surface area contributed by atoms with Gasteiger partial charge in [0.2, 0.25) is 0 Å². The molecule has 2 aliphatic heterocycles. The van der Waals surface area contributed by atoms with Crippen molar-refractivity contribution in [2.75, 3.05) is 32.8 Å². The zero-order valence-electron chi connectivity index (χ0n) is 18.1. The van der Waals surface area contributed by atoms with E-state index in [4.69, 9.17) is 9.84 Å². The highest BCUT2D eigenvalue weighted by Crippen LogP contribution is 2.34. The number of nitrogens with one attached hydrogen (secondary N) is 1. The van der Waals surface area contributed by atoms with Crippen LogP contribution in [0.3, 0.4) is 0 Å². The summed E-state index contributed by atoms with van der Waals surface area (Å²) >= 11 is 0. The van der Waals surface area contributed by atoms with Gasteiger partial charge in [-0.2, -0.15) is 5.10 Å². The van der Waals surface area contributed by atoms with E-state index in [0.29, 0.717) is 25.6 Å². The number of hydrogen-bond acceptors (Lipinski definition) is 5. The fraction of sp³-hybridized carbons (Fsp3) is 0.417. The number of hydrogen-bond donors (Lipinski definition) is 1. The summed E-state index contributed by atoms with van der Waals surface area (Å²) in [5, 5.41) is 9.67. The Kier molecular flexibility index (Phi) is 6.63. The summed E-state index contributed by atoms with van der Waals surface area (Å²) < 4.78 is 18.9. The molecule has 1 amide bonds. The van der Waals surface area contributed by atoms with Gasteiger partial charge in [0.1, 0.15) is 11.6 Å². The van der Waals surface area contributed by atoms with E-state index < -0.39 is 0 Å². The van der Waals surface area contributed by atoms with Crippen LogP contribution in [0.2, 0.25) is 0 Å². The Morgan fingerprint density at radius 2 is 1.94 bits per heavy atom. The van der Waals surface area contributed by atoms with Crippen LogP contribution >= 0.6 is 0 Å². The van der Waals surface area contributed by atoms with Gasteiger partial charge in [0.15, 0.2) is 0 Å². The number of halogens is 1. The molecule has 2 aliphatic rings. The van der Waals surface area contributed by atoms with E-state index in [9.17, 15) is 9.18 Å². The summed E-state index contributed by atoms with van der Waals surface area (Å²) in [5.74, 6) is 0.493. The SMILES string of the molecule is CCOc1ccc([C@H]2CC(c3ccc(F)cc3)=NN2C(=O)CN2CCNC[C@@H]2C)cc1. The number of rotatable bonds is 6. The Morgan fingerprint density at radius 3 is 2.61 bits per heavy atom. The first-order chi connectivity index (χ1) is 15.0. The van der Waals surface area contributed by atoms with Crippen molar-refractivity contribution >= 4 is 11.6 Å². The fourth-order valence-corrected chi connectivity index (χ4v) is 4.13. The molecule has 1 fully saturated rings. The van der Waals surface area contributed by atoms with E-state index in [-0.39, 0.29) is 17.8 Å². The molecule has 4 rings (SSSR count). The van der Waals surface area contributed by atoms with Crippen LogP contribution < -0.4 is 10.1 Å². The summed E-state index contributed by atoms with van der Waals surface area (Å²) in [7, 11) is 0. The standard InChI is InChI=1S/C24H29FN4O2/c1-3-31-21-10-6-19(7-11-21)23-14-22(18-4-8-20(25)9-5-18)27-29(23)24(30)16-28-13-12-26-15-17(28)2/h4-11,17,23,26H,3,12-16H2,1-2H3/t17-,23+/m0/s1. The van der Waals surface area contributed by atoms with Gasteiger partial charge < -0.3 is 10.1 Å². The minimum Gasteiger partial charge on any atom is -0.494 e. The summed E-state index contributed by atoms with van der Waals surface area (Å²) in [5.41, 5.74) is 2.63. The molecule has 0 aromatic heterocycles. The molecule has 2 atom stereocenters. The minimum absolute atomic E-state index is 0.0234. The number of carbonyl (C=O) groups is 1. The molecule has 0 radical (unpaired) electrons. The molecule has 7 heteroatoms. The Labute approximate surface area is 182 Å². The van der Waals surface area contributed by atoms with Gasteiger partial charge in [-0.15, -0.1) is 0 Å². The monoisotopic (exact) mass is 424 g/mol. The molecule has 164 valence electrons. The van der Waals surface area contributed by atoms with Crippen LogP contribution in [0.1, 0.15) is 37.4 Å². The summed E-state index contributed by atoms with van der Waals surface area (Å²) in [4.78, 5) is 15.5. The maximum Gasteiger partial charge on any atom is 0.257 e. The quantitative estimate of drug-likeness (QED) is 0.774. The maximum atomic E-state index is 13.4. The van der Waals surface area contributed by atoms with Crippen molar-refractivity contribution in [1.82, 2.24) is 15.2 Å². The summed E-state index contributed by atoms with van der Waals surface area (Å²) in [6.07, 6.45) is 0.586. The largest absolute Gasteiger partial charge is 0.494 e. The van der Waals surface area contributed by atoms with E-state index in [0.717, 1.165) is 42.2 Å². The number of ether oxygens (including phenoxy) is 1. The lowest BCUT2D eigenvalue weighted by molar-refractivity contribution is -0.135. The molecule has 0 bridgehead atoms. The highest BCUT2D eigenvalue weighted by molar-refractivity contribution is 6.03. The topological polar surface area (TPSA) is 57.2 Å². The second-order valence-electron chi connectivity index (χ2n) is 8.04. The van der Waals surface area contributed by atoms with Crippen molar-refractivity contribution in [3.05, 3.63) is 65.5 Å². The second kappa shape index (κ2) is 9.58. The highest BCUT2D eigenvalue weighted by atomic mass is 19.1. The van der Waals surface area contributed by atoms with Crippen LogP contribution in [0.25, 0.3) is 0 Å². The van der Waals surface area contributed by atoms with Crippen molar-refractivity contribution in [1.29, 1.82) is 0 Å². The molecule has 2 aromatic rings. The average Bonchev–Trinajstić information content (AvgIpc) is 3.22. The molecule has 0 aliphatic carbocycles. The third-order valence-corrected chi connectivity index (χ3v) is 5.90. The van der Waals surface area contributed by atoms with Gasteiger partial charge in [-0.05, 0) is 49.2 Å². The van der Waals surface area contributed by atoms with Crippen LogP contribution in [-0.2, 0) is 4.79 Å². The Bertz CT molecular complexity index is 930. The first kappa shape index (κ1) is 21.5. The molecule has 0 unspecified atom stereocenters. The lowest BCUT2D eigenvalue weighted by Gasteiger charge is -2.34. The molecular weight excluding hydrogens is 395 g/mol. The van der Waals surface area contributed by atoms with E-state index in [1.54, 1.807) is 17.1 Å². The molecule has 0 saturated carbocycles. The van der Waals surface area contributed by atoms with Crippen molar-refractivity contribution in [2.24, 2.45) is 5.10 Å². The average molecular weight is 425 g/mol. The highest BCUT2D eigenvalue weighted by Gasteiger charge is 2.34.